The molecular weight excluding hydrogens is 420 g/mol. The molecule has 0 spiro atoms. The number of phenols is 1. The fourth-order valence-corrected chi connectivity index (χ4v) is 4.89. The first-order valence-corrected chi connectivity index (χ1v) is 11.4. The lowest BCUT2D eigenvalue weighted by Gasteiger charge is -2.16. The second-order valence-corrected chi connectivity index (χ2v) is 9.15. The molecule has 10 heteroatoms. The fraction of sp³-hybridized carbons (Fsp3) is 0.286. The number of phenolic OH excluding ortho intramolecular Hbond substituents is 1. The number of nitrogens with one attached hydrogen (secondary N) is 1. The van der Waals surface area contributed by atoms with Crippen molar-refractivity contribution in [3.8, 4) is 17.1 Å². The van der Waals surface area contributed by atoms with E-state index in [1.54, 1.807) is 0 Å². The molecule has 1 amide bonds. The van der Waals surface area contributed by atoms with Crippen molar-refractivity contribution >= 4 is 21.6 Å². The maximum atomic E-state index is 12.7. The van der Waals surface area contributed by atoms with Gasteiger partial charge in [0.15, 0.2) is 0 Å². The lowest BCUT2D eigenvalue weighted by molar-refractivity contribution is -0.116. The molecule has 0 unspecified atom stereocenters. The summed E-state index contributed by atoms with van der Waals surface area (Å²) >= 11 is 0. The number of rotatable bonds is 7. The minimum absolute atomic E-state index is 0.0268. The van der Waals surface area contributed by atoms with Gasteiger partial charge in [-0.15, -0.1) is 0 Å². The van der Waals surface area contributed by atoms with Crippen molar-refractivity contribution in [2.75, 3.05) is 18.4 Å². The van der Waals surface area contributed by atoms with E-state index in [0.717, 1.165) is 18.4 Å². The minimum atomic E-state index is -3.65. The van der Waals surface area contributed by atoms with E-state index >= 15 is 0 Å². The van der Waals surface area contributed by atoms with Gasteiger partial charge < -0.3 is 14.9 Å². The standard InChI is InChI=1S/C21H22N4O5S/c26-18-9-8-16(31(28,29)25-12-4-5-13-25)14-17(18)22-19(27)10-11-20-23-21(24-30-20)15-6-2-1-3-7-15/h1-3,6-9,14,26H,4-5,10-13H2,(H,22,27). The largest absolute Gasteiger partial charge is 0.506 e. The number of carbonyl (C=O) groups excluding carboxylic acids is 1. The first kappa shape index (κ1) is 21.0. The molecule has 1 aliphatic rings. The van der Waals surface area contributed by atoms with E-state index in [4.69, 9.17) is 4.52 Å². The molecule has 1 fully saturated rings. The van der Waals surface area contributed by atoms with Crippen LogP contribution in [0.5, 0.6) is 5.75 Å². The number of aromatic nitrogens is 2. The van der Waals surface area contributed by atoms with Crippen molar-refractivity contribution in [3.05, 3.63) is 54.4 Å². The summed E-state index contributed by atoms with van der Waals surface area (Å²) in [7, 11) is -3.65. The number of hydrogen-bond acceptors (Lipinski definition) is 7. The second kappa shape index (κ2) is 8.86. The SMILES string of the molecule is O=C(CCc1nc(-c2ccccc2)no1)Nc1cc(S(=O)(=O)N2CCCC2)ccc1O. The van der Waals surface area contributed by atoms with Crippen LogP contribution in [-0.2, 0) is 21.2 Å². The van der Waals surface area contributed by atoms with E-state index < -0.39 is 15.9 Å². The quantitative estimate of drug-likeness (QED) is 0.539. The van der Waals surface area contributed by atoms with Crippen LogP contribution in [0.1, 0.15) is 25.2 Å². The van der Waals surface area contributed by atoms with Gasteiger partial charge in [0.1, 0.15) is 5.75 Å². The predicted molar refractivity (Wildman–Crippen MR) is 113 cm³/mol. The van der Waals surface area contributed by atoms with Crippen LogP contribution in [0.4, 0.5) is 5.69 Å². The normalized spacial score (nSPS) is 14.6. The number of aryl methyl sites for hydroxylation is 1. The van der Waals surface area contributed by atoms with E-state index in [-0.39, 0.29) is 29.2 Å². The van der Waals surface area contributed by atoms with Crippen LogP contribution in [0, 0.1) is 0 Å². The zero-order valence-electron chi connectivity index (χ0n) is 16.7. The third-order valence-corrected chi connectivity index (χ3v) is 6.91. The molecule has 1 aliphatic heterocycles. The summed E-state index contributed by atoms with van der Waals surface area (Å²) in [6.45, 7) is 0.945. The van der Waals surface area contributed by atoms with Gasteiger partial charge in [-0.05, 0) is 31.0 Å². The molecule has 0 radical (unpaired) electrons. The molecule has 9 nitrogen and oxygen atoms in total. The van der Waals surface area contributed by atoms with E-state index in [9.17, 15) is 18.3 Å². The highest BCUT2D eigenvalue weighted by molar-refractivity contribution is 7.89. The summed E-state index contributed by atoms with van der Waals surface area (Å²) in [5.41, 5.74) is 0.851. The molecule has 0 saturated carbocycles. The van der Waals surface area contributed by atoms with Gasteiger partial charge in [-0.3, -0.25) is 4.79 Å². The average Bonchev–Trinajstić information content (AvgIpc) is 3.47. The number of aromatic hydroxyl groups is 1. The van der Waals surface area contributed by atoms with Crippen LogP contribution in [0.25, 0.3) is 11.4 Å². The Hall–Kier alpha value is -3.24. The van der Waals surface area contributed by atoms with Crippen LogP contribution in [0.15, 0.2) is 57.9 Å². The molecule has 2 aromatic carbocycles. The summed E-state index contributed by atoms with van der Waals surface area (Å²) < 4.78 is 32.0. The zero-order chi connectivity index (χ0) is 21.8. The molecule has 4 rings (SSSR count). The fourth-order valence-electron chi connectivity index (χ4n) is 3.35. The smallest absolute Gasteiger partial charge is 0.243 e. The number of sulfonamides is 1. The van der Waals surface area contributed by atoms with Gasteiger partial charge in [0.25, 0.3) is 0 Å². The van der Waals surface area contributed by atoms with Gasteiger partial charge in [-0.1, -0.05) is 35.5 Å². The Morgan fingerprint density at radius 3 is 2.61 bits per heavy atom. The van der Waals surface area contributed by atoms with E-state index in [1.807, 2.05) is 30.3 Å². The number of hydrogen-bond donors (Lipinski definition) is 2. The number of amides is 1. The van der Waals surface area contributed by atoms with E-state index in [2.05, 4.69) is 15.5 Å². The molecule has 162 valence electrons. The Morgan fingerprint density at radius 2 is 1.87 bits per heavy atom. The zero-order valence-corrected chi connectivity index (χ0v) is 17.5. The Balaban J connectivity index is 1.40. The number of carbonyl (C=O) groups is 1. The number of nitrogens with zero attached hydrogens (tertiary/aromatic N) is 3. The Kier molecular flexibility index (Phi) is 6.01. The van der Waals surface area contributed by atoms with E-state index in [0.29, 0.717) is 24.8 Å². The molecule has 31 heavy (non-hydrogen) atoms. The van der Waals surface area contributed by atoms with Crippen LogP contribution in [0.2, 0.25) is 0 Å². The van der Waals surface area contributed by atoms with Crippen LogP contribution in [0.3, 0.4) is 0 Å². The second-order valence-electron chi connectivity index (χ2n) is 7.22. The maximum absolute atomic E-state index is 12.7. The minimum Gasteiger partial charge on any atom is -0.506 e. The lowest BCUT2D eigenvalue weighted by Crippen LogP contribution is -2.28. The van der Waals surface area contributed by atoms with Crippen molar-refractivity contribution < 1.29 is 22.8 Å². The van der Waals surface area contributed by atoms with Crippen molar-refractivity contribution in [3.63, 3.8) is 0 Å². The highest BCUT2D eigenvalue weighted by Gasteiger charge is 2.28. The Labute approximate surface area is 179 Å². The monoisotopic (exact) mass is 442 g/mol. The Bertz CT molecular complexity index is 1170. The third kappa shape index (κ3) is 4.75. The maximum Gasteiger partial charge on any atom is 0.243 e. The molecule has 3 aromatic rings. The van der Waals surface area contributed by atoms with Gasteiger partial charge in [0, 0.05) is 31.5 Å². The molecular formula is C21H22N4O5S. The van der Waals surface area contributed by atoms with Crippen LogP contribution in [-0.4, -0.2) is 47.0 Å². The number of benzene rings is 2. The molecule has 0 atom stereocenters. The predicted octanol–water partition coefficient (Wildman–Crippen LogP) is 2.80. The van der Waals surface area contributed by atoms with Crippen LogP contribution >= 0.6 is 0 Å². The van der Waals surface area contributed by atoms with Crippen molar-refractivity contribution in [1.82, 2.24) is 14.4 Å². The van der Waals surface area contributed by atoms with Crippen LogP contribution < -0.4 is 5.32 Å². The molecule has 0 bridgehead atoms. The van der Waals surface area contributed by atoms with Gasteiger partial charge in [0.2, 0.25) is 27.6 Å². The highest BCUT2D eigenvalue weighted by Crippen LogP contribution is 2.29. The third-order valence-electron chi connectivity index (χ3n) is 5.01. The molecule has 1 aromatic heterocycles. The van der Waals surface area contributed by atoms with Gasteiger partial charge >= 0.3 is 0 Å². The van der Waals surface area contributed by atoms with Crippen molar-refractivity contribution in [2.24, 2.45) is 0 Å². The first-order valence-electron chi connectivity index (χ1n) is 9.94. The number of anilines is 1. The topological polar surface area (TPSA) is 126 Å². The molecule has 0 aliphatic carbocycles. The lowest BCUT2D eigenvalue weighted by atomic mass is 10.2. The summed E-state index contributed by atoms with van der Waals surface area (Å²) in [6, 6.07) is 13.2. The van der Waals surface area contributed by atoms with Crippen molar-refractivity contribution in [2.45, 2.75) is 30.6 Å². The Morgan fingerprint density at radius 1 is 1.13 bits per heavy atom. The highest BCUT2D eigenvalue weighted by atomic mass is 32.2. The van der Waals surface area contributed by atoms with E-state index in [1.165, 1.54) is 22.5 Å². The summed E-state index contributed by atoms with van der Waals surface area (Å²) in [4.78, 5) is 16.7. The first-order chi connectivity index (χ1) is 14.9. The molecule has 1 saturated heterocycles. The van der Waals surface area contributed by atoms with Gasteiger partial charge in [0.05, 0.1) is 10.6 Å². The average molecular weight is 442 g/mol. The van der Waals surface area contributed by atoms with Gasteiger partial charge in [-0.2, -0.15) is 9.29 Å². The van der Waals surface area contributed by atoms with Gasteiger partial charge in [-0.25, -0.2) is 8.42 Å². The summed E-state index contributed by atoms with van der Waals surface area (Å²) in [5, 5.41) is 16.5. The summed E-state index contributed by atoms with van der Waals surface area (Å²) in [6.07, 6.45) is 1.88. The summed E-state index contributed by atoms with van der Waals surface area (Å²) in [5.74, 6) is 0.125. The molecule has 2 N–H and O–H groups in total. The van der Waals surface area contributed by atoms with Crippen molar-refractivity contribution in [1.29, 1.82) is 0 Å². The molecule has 2 heterocycles.